The van der Waals surface area contributed by atoms with E-state index in [2.05, 4.69) is 0 Å². The van der Waals surface area contributed by atoms with E-state index >= 15 is 0 Å². The third kappa shape index (κ3) is 3.85. The quantitative estimate of drug-likeness (QED) is 0.924. The van der Waals surface area contributed by atoms with E-state index < -0.39 is 5.82 Å². The lowest BCUT2D eigenvalue weighted by Gasteiger charge is -2.32. The largest absolute Gasteiger partial charge is 0.505 e. The van der Waals surface area contributed by atoms with Gasteiger partial charge in [0.25, 0.3) is 0 Å². The Labute approximate surface area is 140 Å². The average Bonchev–Trinajstić information content (AvgIpc) is 2.63. The number of likely N-dealkylation sites (tertiary alicyclic amines) is 1. The number of carbonyl (C=O) groups excluding carboxylic acids is 1. The summed E-state index contributed by atoms with van der Waals surface area (Å²) in [6, 6.07) is 13.9. The molecule has 0 saturated carbocycles. The van der Waals surface area contributed by atoms with Crippen LogP contribution in [0.25, 0.3) is 0 Å². The van der Waals surface area contributed by atoms with Crippen molar-refractivity contribution in [1.29, 1.82) is 0 Å². The van der Waals surface area contributed by atoms with Crippen LogP contribution in [0.1, 0.15) is 29.9 Å². The number of carbonyl (C=O) groups is 1. The number of nitrogens with zero attached hydrogens (tertiary/aromatic N) is 1. The van der Waals surface area contributed by atoms with Crippen LogP contribution in [0, 0.1) is 5.82 Å². The lowest BCUT2D eigenvalue weighted by Crippen LogP contribution is -2.39. The first-order chi connectivity index (χ1) is 11.6. The van der Waals surface area contributed by atoms with Gasteiger partial charge in [0.1, 0.15) is 6.61 Å². The molecule has 3 rings (SSSR count). The average molecular weight is 329 g/mol. The van der Waals surface area contributed by atoms with Crippen LogP contribution in [-0.2, 0) is 11.3 Å². The van der Waals surface area contributed by atoms with Crippen LogP contribution in [0.15, 0.2) is 48.5 Å². The number of piperidine rings is 1. The zero-order valence-corrected chi connectivity index (χ0v) is 13.3. The molecule has 0 aromatic heterocycles. The van der Waals surface area contributed by atoms with Crippen molar-refractivity contribution in [3.05, 3.63) is 65.5 Å². The van der Waals surface area contributed by atoms with Crippen molar-refractivity contribution in [2.75, 3.05) is 13.1 Å². The predicted octanol–water partition coefficient (Wildman–Crippen LogP) is 4.05. The van der Waals surface area contributed by atoms with Crippen molar-refractivity contribution >= 4 is 6.09 Å². The standard InChI is InChI=1S/C19H20FNO3/c20-17-9-8-15(11-18(17)22)16-7-4-10-21(12-16)19(23)24-13-14-5-2-1-3-6-14/h1-3,5-6,8-9,11,16,22H,4,7,10,12-13H2. The third-order valence-electron chi connectivity index (χ3n) is 4.33. The number of rotatable bonds is 3. The summed E-state index contributed by atoms with van der Waals surface area (Å²) in [7, 11) is 0. The number of hydrogen-bond donors (Lipinski definition) is 1. The molecule has 0 aliphatic carbocycles. The predicted molar refractivity (Wildman–Crippen MR) is 88.2 cm³/mol. The van der Waals surface area contributed by atoms with Gasteiger partial charge < -0.3 is 14.7 Å². The van der Waals surface area contributed by atoms with E-state index in [9.17, 15) is 14.3 Å². The highest BCUT2D eigenvalue weighted by Gasteiger charge is 2.26. The van der Waals surface area contributed by atoms with Gasteiger partial charge in [-0.2, -0.15) is 0 Å². The van der Waals surface area contributed by atoms with Gasteiger partial charge in [-0.05, 0) is 36.1 Å². The summed E-state index contributed by atoms with van der Waals surface area (Å²) in [5, 5.41) is 9.54. The number of amides is 1. The molecular weight excluding hydrogens is 309 g/mol. The molecule has 1 aliphatic rings. The first kappa shape index (κ1) is 16.3. The van der Waals surface area contributed by atoms with Crippen LogP contribution in [0.4, 0.5) is 9.18 Å². The number of aromatic hydroxyl groups is 1. The topological polar surface area (TPSA) is 49.8 Å². The highest BCUT2D eigenvalue weighted by atomic mass is 19.1. The molecule has 0 radical (unpaired) electrons. The van der Waals surface area contributed by atoms with Crippen LogP contribution in [0.2, 0.25) is 0 Å². The summed E-state index contributed by atoms with van der Waals surface area (Å²) in [5.41, 5.74) is 1.79. The molecule has 2 aromatic rings. The Bertz CT molecular complexity index is 705. The Morgan fingerprint density at radius 3 is 2.79 bits per heavy atom. The Morgan fingerprint density at radius 2 is 2.04 bits per heavy atom. The number of halogens is 1. The minimum absolute atomic E-state index is 0.0783. The van der Waals surface area contributed by atoms with Gasteiger partial charge in [-0.25, -0.2) is 9.18 Å². The number of phenolic OH excluding ortho intramolecular Hbond substituents is 1. The SMILES string of the molecule is O=C(OCc1ccccc1)N1CCCC(c2ccc(F)c(O)c2)C1. The lowest BCUT2D eigenvalue weighted by atomic mass is 9.90. The van der Waals surface area contributed by atoms with E-state index in [1.165, 1.54) is 12.1 Å². The highest BCUT2D eigenvalue weighted by Crippen LogP contribution is 2.30. The molecule has 5 heteroatoms. The maximum atomic E-state index is 13.2. The van der Waals surface area contributed by atoms with Crippen molar-refractivity contribution in [2.24, 2.45) is 0 Å². The van der Waals surface area contributed by atoms with Crippen molar-refractivity contribution in [1.82, 2.24) is 4.90 Å². The Kier molecular flexibility index (Phi) is 4.99. The van der Waals surface area contributed by atoms with Gasteiger partial charge in [0.05, 0.1) is 0 Å². The first-order valence-corrected chi connectivity index (χ1v) is 8.07. The molecule has 4 nitrogen and oxygen atoms in total. The van der Waals surface area contributed by atoms with Gasteiger partial charge >= 0.3 is 6.09 Å². The zero-order valence-electron chi connectivity index (χ0n) is 13.3. The van der Waals surface area contributed by atoms with E-state index in [-0.39, 0.29) is 24.4 Å². The second-order valence-electron chi connectivity index (χ2n) is 6.04. The molecule has 0 spiro atoms. The summed E-state index contributed by atoms with van der Waals surface area (Å²) in [6.45, 7) is 1.41. The van der Waals surface area contributed by atoms with Gasteiger partial charge in [0.15, 0.2) is 11.6 Å². The van der Waals surface area contributed by atoms with E-state index in [0.29, 0.717) is 13.1 Å². The number of ether oxygens (including phenoxy) is 1. The van der Waals surface area contributed by atoms with Crippen LogP contribution >= 0.6 is 0 Å². The monoisotopic (exact) mass is 329 g/mol. The Morgan fingerprint density at radius 1 is 1.25 bits per heavy atom. The summed E-state index contributed by atoms with van der Waals surface area (Å²) < 4.78 is 18.6. The molecule has 126 valence electrons. The van der Waals surface area contributed by atoms with Crippen molar-refractivity contribution in [3.63, 3.8) is 0 Å². The second-order valence-corrected chi connectivity index (χ2v) is 6.04. The van der Waals surface area contributed by atoms with Crippen LogP contribution in [-0.4, -0.2) is 29.2 Å². The molecule has 1 amide bonds. The van der Waals surface area contributed by atoms with Gasteiger partial charge in [0, 0.05) is 19.0 Å². The van der Waals surface area contributed by atoms with Gasteiger partial charge in [-0.15, -0.1) is 0 Å². The van der Waals surface area contributed by atoms with Gasteiger partial charge in [-0.1, -0.05) is 36.4 Å². The van der Waals surface area contributed by atoms with Crippen molar-refractivity contribution in [3.8, 4) is 5.75 Å². The number of phenols is 1. The molecule has 1 N–H and O–H groups in total. The Balaban J connectivity index is 1.60. The zero-order chi connectivity index (χ0) is 16.9. The van der Waals surface area contributed by atoms with E-state index in [1.54, 1.807) is 11.0 Å². The van der Waals surface area contributed by atoms with E-state index in [1.807, 2.05) is 30.3 Å². The summed E-state index contributed by atoms with van der Waals surface area (Å²) in [4.78, 5) is 13.9. The molecule has 24 heavy (non-hydrogen) atoms. The fraction of sp³-hybridized carbons (Fsp3) is 0.316. The number of benzene rings is 2. The highest BCUT2D eigenvalue weighted by molar-refractivity contribution is 5.68. The van der Waals surface area contributed by atoms with Gasteiger partial charge in [0.2, 0.25) is 0 Å². The van der Waals surface area contributed by atoms with Gasteiger partial charge in [-0.3, -0.25) is 0 Å². The maximum absolute atomic E-state index is 13.2. The molecule has 1 aliphatic heterocycles. The first-order valence-electron chi connectivity index (χ1n) is 8.07. The minimum Gasteiger partial charge on any atom is -0.505 e. The summed E-state index contributed by atoms with van der Waals surface area (Å²) >= 11 is 0. The van der Waals surface area contributed by atoms with Crippen LogP contribution < -0.4 is 0 Å². The second kappa shape index (κ2) is 7.34. The van der Waals surface area contributed by atoms with E-state index in [4.69, 9.17) is 4.74 Å². The summed E-state index contributed by atoms with van der Waals surface area (Å²) in [6.07, 6.45) is 1.41. The minimum atomic E-state index is -0.631. The third-order valence-corrected chi connectivity index (χ3v) is 4.33. The van der Waals surface area contributed by atoms with E-state index in [0.717, 1.165) is 24.0 Å². The smallest absolute Gasteiger partial charge is 0.410 e. The van der Waals surface area contributed by atoms with Crippen molar-refractivity contribution < 1.29 is 19.0 Å². The van der Waals surface area contributed by atoms with Crippen LogP contribution in [0.5, 0.6) is 5.75 Å². The fourth-order valence-corrected chi connectivity index (χ4v) is 3.01. The number of hydrogen-bond acceptors (Lipinski definition) is 3. The molecule has 1 heterocycles. The molecule has 2 aromatic carbocycles. The molecule has 1 atom stereocenters. The normalized spacial score (nSPS) is 17.5. The Hall–Kier alpha value is -2.56. The van der Waals surface area contributed by atoms with Crippen molar-refractivity contribution in [2.45, 2.75) is 25.4 Å². The lowest BCUT2D eigenvalue weighted by molar-refractivity contribution is 0.0858. The molecular formula is C19H20FNO3. The van der Waals surface area contributed by atoms with Crippen LogP contribution in [0.3, 0.4) is 0 Å². The summed E-state index contributed by atoms with van der Waals surface area (Å²) in [5.74, 6) is -0.903. The fourth-order valence-electron chi connectivity index (χ4n) is 3.01. The molecule has 1 saturated heterocycles. The molecule has 1 unspecified atom stereocenters. The molecule has 1 fully saturated rings. The molecule has 0 bridgehead atoms. The maximum Gasteiger partial charge on any atom is 0.410 e.